The second-order valence-electron chi connectivity index (χ2n) is 8.11. The summed E-state index contributed by atoms with van der Waals surface area (Å²) in [7, 11) is 1.26. The van der Waals surface area contributed by atoms with Crippen LogP contribution in [0.15, 0.2) is 4.99 Å². The Morgan fingerprint density at radius 2 is 1.88 bits per heavy atom. The number of Topliss-reactive ketones (excluding diaryl/α,β-unsaturated/α-hetero) is 1. The number of ketones is 1. The van der Waals surface area contributed by atoms with Crippen LogP contribution >= 0.6 is 0 Å². The van der Waals surface area contributed by atoms with E-state index in [0.717, 1.165) is 12.8 Å². The molecular weight excluding hydrogens is 338 g/mol. The summed E-state index contributed by atoms with van der Waals surface area (Å²) in [4.78, 5) is 49.0. The molecule has 2 atom stereocenters. The number of esters is 1. The first-order chi connectivity index (χ1) is 12.1. The van der Waals surface area contributed by atoms with Gasteiger partial charge in [-0.1, -0.05) is 20.8 Å². The molecular formula is C18H29N3O5. The van der Waals surface area contributed by atoms with Gasteiger partial charge in [0.05, 0.1) is 26.6 Å². The normalized spacial score (nSPS) is 24.1. The molecule has 2 N–H and O–H groups in total. The van der Waals surface area contributed by atoms with Crippen molar-refractivity contribution in [1.82, 2.24) is 10.6 Å². The lowest BCUT2D eigenvalue weighted by atomic mass is 9.62. The number of hydrogen-bond acceptors (Lipinski definition) is 6. The summed E-state index contributed by atoms with van der Waals surface area (Å²) in [6, 6.07) is -0.490. The molecule has 0 bridgehead atoms. The van der Waals surface area contributed by atoms with Crippen LogP contribution in [0.3, 0.4) is 0 Å². The van der Waals surface area contributed by atoms with Crippen molar-refractivity contribution in [3.05, 3.63) is 0 Å². The van der Waals surface area contributed by atoms with Crippen LogP contribution in [0.5, 0.6) is 0 Å². The Balaban J connectivity index is 2.50. The van der Waals surface area contributed by atoms with Crippen molar-refractivity contribution < 1.29 is 23.9 Å². The number of rotatable bonds is 8. The lowest BCUT2D eigenvalue weighted by Crippen LogP contribution is -2.51. The fraction of sp³-hybridized carbons (Fsp3) is 0.778. The maximum absolute atomic E-state index is 12.1. The fourth-order valence-corrected chi connectivity index (χ4v) is 3.93. The highest BCUT2D eigenvalue weighted by molar-refractivity contribution is 5.87. The van der Waals surface area contributed by atoms with Crippen molar-refractivity contribution >= 4 is 23.9 Å². The number of carbonyl (C=O) groups is 3. The first-order valence-corrected chi connectivity index (χ1v) is 8.76. The van der Waals surface area contributed by atoms with E-state index in [1.54, 1.807) is 6.08 Å². The van der Waals surface area contributed by atoms with E-state index >= 15 is 0 Å². The van der Waals surface area contributed by atoms with Crippen molar-refractivity contribution in [2.45, 2.75) is 58.9 Å². The molecule has 0 radical (unpaired) electrons. The van der Waals surface area contributed by atoms with E-state index in [4.69, 9.17) is 0 Å². The minimum atomic E-state index is -0.454. The maximum Gasteiger partial charge on any atom is 0.315 e. The average Bonchev–Trinajstić information content (AvgIpc) is 2.54. The van der Waals surface area contributed by atoms with Crippen LogP contribution in [0.1, 0.15) is 52.9 Å². The number of isocyanates is 1. The molecule has 1 rings (SSSR count). The van der Waals surface area contributed by atoms with Crippen LogP contribution < -0.4 is 10.6 Å². The zero-order valence-corrected chi connectivity index (χ0v) is 16.0. The van der Waals surface area contributed by atoms with E-state index in [1.165, 1.54) is 7.11 Å². The highest BCUT2D eigenvalue weighted by Crippen LogP contribution is 2.46. The topological polar surface area (TPSA) is 114 Å². The molecule has 0 heterocycles. The summed E-state index contributed by atoms with van der Waals surface area (Å²) in [6.07, 6.45) is 4.03. The van der Waals surface area contributed by atoms with Crippen molar-refractivity contribution in [3.8, 4) is 0 Å². The maximum atomic E-state index is 12.1. The number of methoxy groups -OCH3 is 1. The number of amides is 2. The van der Waals surface area contributed by atoms with Gasteiger partial charge < -0.3 is 15.4 Å². The van der Waals surface area contributed by atoms with Crippen LogP contribution in [-0.2, 0) is 19.1 Å². The summed E-state index contributed by atoms with van der Waals surface area (Å²) in [6.45, 7) is 6.55. The van der Waals surface area contributed by atoms with Crippen LogP contribution in [0.2, 0.25) is 0 Å². The molecule has 2 amide bonds. The van der Waals surface area contributed by atoms with Gasteiger partial charge in [-0.25, -0.2) is 14.6 Å². The molecule has 2 unspecified atom stereocenters. The smallest absolute Gasteiger partial charge is 0.315 e. The Labute approximate surface area is 154 Å². The Bertz CT molecular complexity index is 583. The molecule has 0 aromatic rings. The van der Waals surface area contributed by atoms with Crippen molar-refractivity contribution in [3.63, 3.8) is 0 Å². The molecule has 1 aliphatic carbocycles. The second kappa shape index (κ2) is 9.48. The van der Waals surface area contributed by atoms with Gasteiger partial charge in [-0.2, -0.15) is 0 Å². The minimum absolute atomic E-state index is 0.000313. The molecule has 0 aromatic carbocycles. The zero-order chi connectivity index (χ0) is 19.8. The van der Waals surface area contributed by atoms with Gasteiger partial charge in [-0.3, -0.25) is 9.59 Å². The highest BCUT2D eigenvalue weighted by Gasteiger charge is 2.41. The van der Waals surface area contributed by atoms with Gasteiger partial charge in [0.2, 0.25) is 6.08 Å². The summed E-state index contributed by atoms with van der Waals surface area (Å²) >= 11 is 0. The predicted octanol–water partition coefficient (Wildman–Crippen LogP) is 1.73. The third-order valence-corrected chi connectivity index (χ3v) is 4.59. The molecule has 0 aliphatic heterocycles. The average molecular weight is 367 g/mol. The molecule has 146 valence electrons. The van der Waals surface area contributed by atoms with Crippen molar-refractivity contribution in [2.75, 3.05) is 20.2 Å². The summed E-state index contributed by atoms with van der Waals surface area (Å²) in [5.41, 5.74) is -0.187. The molecule has 1 fully saturated rings. The van der Waals surface area contributed by atoms with E-state index < -0.39 is 12.0 Å². The van der Waals surface area contributed by atoms with Gasteiger partial charge in [0.25, 0.3) is 0 Å². The number of ether oxygens (including phenoxy) is 1. The van der Waals surface area contributed by atoms with Gasteiger partial charge in [0, 0.05) is 12.5 Å². The Hall–Kier alpha value is -2.21. The van der Waals surface area contributed by atoms with Crippen molar-refractivity contribution in [2.24, 2.45) is 15.8 Å². The van der Waals surface area contributed by atoms with Gasteiger partial charge >= 0.3 is 12.0 Å². The quantitative estimate of drug-likeness (QED) is 0.385. The summed E-state index contributed by atoms with van der Waals surface area (Å²) in [5, 5.41) is 5.44. The van der Waals surface area contributed by atoms with E-state index in [9.17, 15) is 19.2 Å². The predicted molar refractivity (Wildman–Crippen MR) is 95.3 cm³/mol. The van der Waals surface area contributed by atoms with Crippen LogP contribution in [-0.4, -0.2) is 50.1 Å². The van der Waals surface area contributed by atoms with E-state index in [1.807, 2.05) is 0 Å². The van der Waals surface area contributed by atoms with Gasteiger partial charge in [-0.05, 0) is 30.1 Å². The zero-order valence-electron chi connectivity index (χ0n) is 16.0. The van der Waals surface area contributed by atoms with Gasteiger partial charge in [-0.15, -0.1) is 0 Å². The number of nitrogens with zero attached hydrogens (tertiary/aromatic N) is 1. The number of aliphatic imine (C=N–C) groups is 1. The number of urea groups is 1. The molecule has 0 spiro atoms. The minimum Gasteiger partial charge on any atom is -0.469 e. The lowest BCUT2D eigenvalue weighted by molar-refractivity contribution is -0.141. The molecule has 0 saturated heterocycles. The SMILES string of the molecule is COC(=O)CCC(=O)CNC(=O)NC1CC(C)(C)CC(C)(CN=C=O)C1. The third-order valence-electron chi connectivity index (χ3n) is 4.59. The van der Waals surface area contributed by atoms with Crippen LogP contribution in [0, 0.1) is 10.8 Å². The first kappa shape index (κ1) is 21.8. The highest BCUT2D eigenvalue weighted by atomic mass is 16.5. The molecule has 0 aromatic heterocycles. The monoisotopic (exact) mass is 367 g/mol. The largest absolute Gasteiger partial charge is 0.469 e. The lowest BCUT2D eigenvalue weighted by Gasteiger charge is -2.46. The summed E-state index contributed by atoms with van der Waals surface area (Å²) < 4.78 is 4.47. The first-order valence-electron chi connectivity index (χ1n) is 8.76. The third kappa shape index (κ3) is 7.78. The molecule has 1 saturated carbocycles. The second-order valence-corrected chi connectivity index (χ2v) is 8.11. The number of hydrogen-bond donors (Lipinski definition) is 2. The fourth-order valence-electron chi connectivity index (χ4n) is 3.93. The van der Waals surface area contributed by atoms with Crippen molar-refractivity contribution in [1.29, 1.82) is 0 Å². The summed E-state index contributed by atoms with van der Waals surface area (Å²) in [5.74, 6) is -0.691. The van der Waals surface area contributed by atoms with E-state index in [2.05, 4.69) is 41.1 Å². The van der Waals surface area contributed by atoms with Crippen LogP contribution in [0.4, 0.5) is 4.79 Å². The number of carbonyl (C=O) groups excluding carboxylic acids is 4. The molecule has 1 aliphatic rings. The Morgan fingerprint density at radius 1 is 1.19 bits per heavy atom. The molecule has 8 heteroatoms. The molecule has 26 heavy (non-hydrogen) atoms. The van der Waals surface area contributed by atoms with Gasteiger partial charge in [0.1, 0.15) is 0 Å². The molecule has 8 nitrogen and oxygen atoms in total. The number of nitrogens with one attached hydrogen (secondary N) is 2. The van der Waals surface area contributed by atoms with E-state index in [0.29, 0.717) is 13.0 Å². The standard InChI is InChI=1S/C18H29N3O5/c1-17(2)7-13(8-18(3,10-17)11-19-12-22)21-16(25)20-9-14(23)5-6-15(24)26-4/h13H,5-11H2,1-4H3,(H2,20,21,25). The van der Waals surface area contributed by atoms with Crippen LogP contribution in [0.25, 0.3) is 0 Å². The van der Waals surface area contributed by atoms with E-state index in [-0.39, 0.29) is 42.0 Å². The Morgan fingerprint density at radius 3 is 2.50 bits per heavy atom. The van der Waals surface area contributed by atoms with Gasteiger partial charge in [0.15, 0.2) is 5.78 Å². The Kier molecular flexibility index (Phi) is 7.96.